The molecule has 1 aliphatic carbocycles. The Bertz CT molecular complexity index is 586. The van der Waals surface area contributed by atoms with Gasteiger partial charge in [-0.1, -0.05) is 6.92 Å². The zero-order chi connectivity index (χ0) is 14.9. The van der Waals surface area contributed by atoms with Crippen LogP contribution in [-0.2, 0) is 11.2 Å². The molecule has 1 N–H and O–H groups in total. The number of ether oxygens (including phenoxy) is 1. The van der Waals surface area contributed by atoms with E-state index in [-0.39, 0.29) is 17.7 Å². The van der Waals surface area contributed by atoms with Gasteiger partial charge < -0.3 is 9.84 Å². The molecule has 1 atom stereocenters. The Morgan fingerprint density at radius 2 is 2.30 bits per heavy atom. The van der Waals surface area contributed by atoms with Crippen molar-refractivity contribution < 1.29 is 19.4 Å². The summed E-state index contributed by atoms with van der Waals surface area (Å²) in [6, 6.07) is 0. The van der Waals surface area contributed by atoms with Crippen molar-refractivity contribution in [2.24, 2.45) is 5.92 Å². The van der Waals surface area contributed by atoms with Crippen molar-refractivity contribution in [2.45, 2.75) is 24.5 Å². The van der Waals surface area contributed by atoms with Crippen LogP contribution in [0.5, 0.6) is 0 Å². The summed E-state index contributed by atoms with van der Waals surface area (Å²) in [6.07, 6.45) is 3.33. The van der Waals surface area contributed by atoms with E-state index in [9.17, 15) is 14.7 Å². The molecule has 0 fully saturated rings. The molecule has 1 aromatic heterocycles. The standard InChI is InChI=1S/C14H16O4S2/c1-4-18-13(17)12-8-5-7(2)9(6-15)11(16)10(8)14(19-3)20-12/h6-7,15H,4-5H2,1-3H3. The van der Waals surface area contributed by atoms with Gasteiger partial charge in [-0.3, -0.25) is 4.79 Å². The molecule has 0 saturated carbocycles. The molecule has 20 heavy (non-hydrogen) atoms. The number of thioether (sulfide) groups is 1. The molecule has 0 amide bonds. The fourth-order valence-corrected chi connectivity index (χ4v) is 4.30. The highest BCUT2D eigenvalue weighted by atomic mass is 32.2. The third-order valence-corrected chi connectivity index (χ3v) is 5.62. The van der Waals surface area contributed by atoms with E-state index in [0.29, 0.717) is 29.0 Å². The third-order valence-electron chi connectivity index (χ3n) is 3.29. The van der Waals surface area contributed by atoms with Gasteiger partial charge in [-0.2, -0.15) is 0 Å². The minimum absolute atomic E-state index is 0.0996. The molecule has 4 nitrogen and oxygen atoms in total. The Balaban J connectivity index is 2.58. The van der Waals surface area contributed by atoms with Crippen LogP contribution in [0.4, 0.5) is 0 Å². The summed E-state index contributed by atoms with van der Waals surface area (Å²) < 4.78 is 5.87. The number of allylic oxidation sites excluding steroid dienone is 1. The lowest BCUT2D eigenvalue weighted by Crippen LogP contribution is -2.22. The number of aliphatic hydroxyl groups is 1. The zero-order valence-corrected chi connectivity index (χ0v) is 13.2. The Morgan fingerprint density at radius 3 is 2.85 bits per heavy atom. The smallest absolute Gasteiger partial charge is 0.348 e. The van der Waals surface area contributed by atoms with Crippen molar-refractivity contribution in [1.82, 2.24) is 0 Å². The number of Topliss-reactive ketones (excluding diaryl/α,β-unsaturated/α-hetero) is 1. The van der Waals surface area contributed by atoms with E-state index in [4.69, 9.17) is 4.74 Å². The van der Waals surface area contributed by atoms with Gasteiger partial charge in [-0.05, 0) is 31.1 Å². The van der Waals surface area contributed by atoms with Crippen LogP contribution < -0.4 is 0 Å². The quantitative estimate of drug-likeness (QED) is 0.401. The normalized spacial score (nSPS) is 20.1. The van der Waals surface area contributed by atoms with Crippen LogP contribution in [0.2, 0.25) is 0 Å². The van der Waals surface area contributed by atoms with Crippen molar-refractivity contribution in [3.8, 4) is 0 Å². The highest BCUT2D eigenvalue weighted by molar-refractivity contribution is 8.00. The van der Waals surface area contributed by atoms with Crippen LogP contribution in [0.15, 0.2) is 16.0 Å². The summed E-state index contributed by atoms with van der Waals surface area (Å²) >= 11 is 2.74. The molecule has 1 aliphatic rings. The van der Waals surface area contributed by atoms with E-state index >= 15 is 0 Å². The molecule has 6 heteroatoms. The molecule has 1 aromatic rings. The van der Waals surface area contributed by atoms with E-state index in [2.05, 4.69) is 0 Å². The van der Waals surface area contributed by atoms with Gasteiger partial charge in [0.15, 0.2) is 5.78 Å². The first-order valence-corrected chi connectivity index (χ1v) is 8.34. The lowest BCUT2D eigenvalue weighted by Gasteiger charge is -2.21. The summed E-state index contributed by atoms with van der Waals surface area (Å²) in [4.78, 5) is 25.0. The average Bonchev–Trinajstić information content (AvgIpc) is 2.78. The molecule has 0 bridgehead atoms. The summed E-state index contributed by atoms with van der Waals surface area (Å²) in [5.74, 6) is -0.652. The molecule has 1 heterocycles. The Hall–Kier alpha value is -1.27. The van der Waals surface area contributed by atoms with Crippen molar-refractivity contribution in [2.75, 3.05) is 12.9 Å². The molecular weight excluding hydrogens is 296 g/mol. The second-order valence-electron chi connectivity index (χ2n) is 4.52. The van der Waals surface area contributed by atoms with Crippen LogP contribution in [-0.4, -0.2) is 29.7 Å². The number of aliphatic hydroxyl groups excluding tert-OH is 1. The van der Waals surface area contributed by atoms with Crippen LogP contribution in [0.3, 0.4) is 0 Å². The lowest BCUT2D eigenvalue weighted by molar-refractivity contribution is 0.0531. The number of hydrogen-bond donors (Lipinski definition) is 1. The fraction of sp³-hybridized carbons (Fsp3) is 0.429. The van der Waals surface area contributed by atoms with Gasteiger partial charge in [0.1, 0.15) is 4.88 Å². The molecule has 108 valence electrons. The molecule has 0 aromatic carbocycles. The van der Waals surface area contributed by atoms with E-state index < -0.39 is 0 Å². The Labute approximate surface area is 125 Å². The number of thiophene rings is 1. The predicted octanol–water partition coefficient (Wildman–Crippen LogP) is 3.46. The molecule has 0 aliphatic heterocycles. The molecule has 0 saturated heterocycles. The third kappa shape index (κ3) is 2.38. The first kappa shape index (κ1) is 15.1. The number of rotatable bonds is 3. The molecular formula is C14H16O4S2. The minimum Gasteiger partial charge on any atom is -0.515 e. The summed E-state index contributed by atoms with van der Waals surface area (Å²) in [5, 5.41) is 9.24. The Kier molecular flexibility index (Phi) is 4.55. The van der Waals surface area contributed by atoms with Gasteiger partial charge >= 0.3 is 5.97 Å². The van der Waals surface area contributed by atoms with E-state index in [0.717, 1.165) is 16.0 Å². The highest BCUT2D eigenvalue weighted by Gasteiger charge is 2.35. The van der Waals surface area contributed by atoms with Gasteiger partial charge in [0, 0.05) is 5.57 Å². The maximum absolute atomic E-state index is 12.4. The van der Waals surface area contributed by atoms with Gasteiger partial charge in [-0.25, -0.2) is 4.79 Å². The van der Waals surface area contributed by atoms with E-state index in [1.165, 1.54) is 23.1 Å². The number of carbonyl (C=O) groups is 2. The van der Waals surface area contributed by atoms with Gasteiger partial charge in [0.2, 0.25) is 0 Å². The summed E-state index contributed by atoms with van der Waals surface area (Å²) in [7, 11) is 0. The Morgan fingerprint density at radius 1 is 1.60 bits per heavy atom. The van der Waals surface area contributed by atoms with Gasteiger partial charge in [0.05, 0.1) is 22.6 Å². The largest absolute Gasteiger partial charge is 0.515 e. The van der Waals surface area contributed by atoms with E-state index in [1.807, 2.05) is 13.2 Å². The molecule has 2 rings (SSSR count). The molecule has 0 spiro atoms. The monoisotopic (exact) mass is 312 g/mol. The summed E-state index contributed by atoms with van der Waals surface area (Å²) in [5.41, 5.74) is 1.73. The maximum atomic E-state index is 12.4. The average molecular weight is 312 g/mol. The molecule has 1 unspecified atom stereocenters. The summed E-state index contributed by atoms with van der Waals surface area (Å²) in [6.45, 7) is 3.94. The molecule has 0 radical (unpaired) electrons. The van der Waals surface area contributed by atoms with Crippen molar-refractivity contribution in [3.05, 3.63) is 27.8 Å². The van der Waals surface area contributed by atoms with Crippen LogP contribution in [0.25, 0.3) is 0 Å². The van der Waals surface area contributed by atoms with Crippen molar-refractivity contribution >= 4 is 34.9 Å². The van der Waals surface area contributed by atoms with Crippen LogP contribution in [0.1, 0.15) is 39.4 Å². The van der Waals surface area contributed by atoms with E-state index in [1.54, 1.807) is 6.92 Å². The first-order chi connectivity index (χ1) is 9.54. The minimum atomic E-state index is -0.370. The van der Waals surface area contributed by atoms with Crippen molar-refractivity contribution in [3.63, 3.8) is 0 Å². The maximum Gasteiger partial charge on any atom is 0.348 e. The zero-order valence-electron chi connectivity index (χ0n) is 11.6. The van der Waals surface area contributed by atoms with Crippen molar-refractivity contribution in [1.29, 1.82) is 0 Å². The predicted molar refractivity (Wildman–Crippen MR) is 80.0 cm³/mol. The first-order valence-electron chi connectivity index (χ1n) is 6.30. The SMILES string of the molecule is CCOC(=O)c1sc(SC)c2c1CC(C)C(=CO)C2=O. The number of esters is 1. The highest BCUT2D eigenvalue weighted by Crippen LogP contribution is 2.42. The second-order valence-corrected chi connectivity index (χ2v) is 6.61. The van der Waals surface area contributed by atoms with Gasteiger partial charge in [0.25, 0.3) is 0 Å². The van der Waals surface area contributed by atoms with Crippen LogP contribution >= 0.6 is 23.1 Å². The lowest BCUT2D eigenvalue weighted by atomic mass is 9.81. The number of hydrogen-bond acceptors (Lipinski definition) is 6. The fourth-order valence-electron chi connectivity index (χ4n) is 2.34. The number of carbonyl (C=O) groups excluding carboxylic acids is 2. The topological polar surface area (TPSA) is 63.6 Å². The number of fused-ring (bicyclic) bond motifs is 1. The van der Waals surface area contributed by atoms with Gasteiger partial charge in [-0.15, -0.1) is 23.1 Å². The van der Waals surface area contributed by atoms with Crippen LogP contribution in [0, 0.1) is 5.92 Å². The second kappa shape index (κ2) is 6.01. The number of ketones is 1.